The molecular weight excluding hydrogens is 346 g/mol. The summed E-state index contributed by atoms with van der Waals surface area (Å²) in [4.78, 5) is 33.2. The second-order valence-corrected chi connectivity index (χ2v) is 7.10. The maximum atomic E-state index is 12.8. The van der Waals surface area contributed by atoms with Crippen molar-refractivity contribution in [2.45, 2.75) is 53.1 Å². The van der Waals surface area contributed by atoms with E-state index in [0.29, 0.717) is 16.6 Å². The van der Waals surface area contributed by atoms with E-state index in [0.717, 1.165) is 5.56 Å². The van der Waals surface area contributed by atoms with Crippen LogP contribution in [0.1, 0.15) is 50.9 Å². The van der Waals surface area contributed by atoms with Gasteiger partial charge in [0, 0.05) is 24.6 Å². The molecule has 0 aliphatic heterocycles. The molecule has 142 valence electrons. The highest BCUT2D eigenvalue weighted by Gasteiger charge is 2.19. The van der Waals surface area contributed by atoms with Crippen molar-refractivity contribution >= 4 is 22.8 Å². The third-order valence-electron chi connectivity index (χ3n) is 4.07. The van der Waals surface area contributed by atoms with E-state index < -0.39 is 5.91 Å². The van der Waals surface area contributed by atoms with Crippen LogP contribution in [0.2, 0.25) is 0 Å². The summed E-state index contributed by atoms with van der Waals surface area (Å²) in [5.41, 5.74) is 1.81. The highest BCUT2D eigenvalue weighted by atomic mass is 16.2. The van der Waals surface area contributed by atoms with Gasteiger partial charge >= 0.3 is 0 Å². The Hall–Kier alpha value is -3.10. The minimum atomic E-state index is -0.418. The van der Waals surface area contributed by atoms with Crippen LogP contribution in [0, 0.1) is 6.92 Å². The van der Waals surface area contributed by atoms with Gasteiger partial charge in [-0.1, -0.05) is 13.8 Å². The van der Waals surface area contributed by atoms with Crippen molar-refractivity contribution in [1.29, 1.82) is 0 Å². The first-order chi connectivity index (χ1) is 12.8. The molecule has 0 saturated heterocycles. The zero-order valence-corrected chi connectivity index (χ0v) is 16.1. The predicted molar refractivity (Wildman–Crippen MR) is 102 cm³/mol. The van der Waals surface area contributed by atoms with Crippen molar-refractivity contribution in [1.82, 2.24) is 29.5 Å². The van der Waals surface area contributed by atoms with Crippen molar-refractivity contribution in [2.75, 3.05) is 5.32 Å². The fourth-order valence-corrected chi connectivity index (χ4v) is 2.62. The lowest BCUT2D eigenvalue weighted by atomic mass is 10.1. The zero-order valence-electron chi connectivity index (χ0n) is 16.1. The van der Waals surface area contributed by atoms with Crippen LogP contribution in [-0.2, 0) is 11.3 Å². The summed E-state index contributed by atoms with van der Waals surface area (Å²) in [7, 11) is 0. The van der Waals surface area contributed by atoms with Crippen LogP contribution in [0.25, 0.3) is 10.9 Å². The summed E-state index contributed by atoms with van der Waals surface area (Å²) in [6, 6.07) is 0.118. The van der Waals surface area contributed by atoms with Crippen molar-refractivity contribution < 1.29 is 4.79 Å². The number of fused-ring (bicyclic) bond motifs is 1. The van der Waals surface area contributed by atoms with Crippen LogP contribution in [0.4, 0.5) is 5.95 Å². The summed E-state index contributed by atoms with van der Waals surface area (Å²) >= 11 is 0. The van der Waals surface area contributed by atoms with Gasteiger partial charge in [-0.2, -0.15) is 10.2 Å². The Kier molecular flexibility index (Phi) is 5.02. The monoisotopic (exact) mass is 369 g/mol. The Morgan fingerprint density at radius 3 is 2.41 bits per heavy atom. The predicted octanol–water partition coefficient (Wildman–Crippen LogP) is 2.03. The lowest BCUT2D eigenvalue weighted by Gasteiger charge is -2.10. The van der Waals surface area contributed by atoms with Crippen LogP contribution >= 0.6 is 0 Å². The maximum absolute atomic E-state index is 12.8. The zero-order chi connectivity index (χ0) is 19.7. The van der Waals surface area contributed by atoms with Crippen LogP contribution < -0.4 is 10.9 Å². The van der Waals surface area contributed by atoms with E-state index in [1.807, 2.05) is 34.6 Å². The van der Waals surface area contributed by atoms with Crippen molar-refractivity contribution in [2.24, 2.45) is 0 Å². The van der Waals surface area contributed by atoms with Crippen molar-refractivity contribution in [3.63, 3.8) is 0 Å². The van der Waals surface area contributed by atoms with Gasteiger partial charge in [-0.15, -0.1) is 0 Å². The molecule has 0 bridgehead atoms. The molecule has 0 aliphatic carbocycles. The third kappa shape index (κ3) is 3.86. The summed E-state index contributed by atoms with van der Waals surface area (Å²) < 4.78 is 2.91. The number of aryl methyl sites for hydroxylation is 1. The number of hydrogen-bond acceptors (Lipinski definition) is 6. The van der Waals surface area contributed by atoms with E-state index in [9.17, 15) is 9.59 Å². The van der Waals surface area contributed by atoms with Gasteiger partial charge in [0.25, 0.3) is 5.56 Å². The number of carbonyl (C=O) groups is 1. The Morgan fingerprint density at radius 1 is 1.15 bits per heavy atom. The molecule has 3 aromatic rings. The molecule has 0 aliphatic rings. The third-order valence-corrected chi connectivity index (χ3v) is 4.07. The Labute approximate surface area is 156 Å². The topological polar surface area (TPSA) is 108 Å². The van der Waals surface area contributed by atoms with Crippen molar-refractivity contribution in [3.8, 4) is 0 Å². The van der Waals surface area contributed by atoms with Gasteiger partial charge in [-0.25, -0.2) is 14.6 Å². The van der Waals surface area contributed by atoms with E-state index in [2.05, 4.69) is 25.5 Å². The molecule has 0 spiro atoms. The first-order valence-corrected chi connectivity index (χ1v) is 8.84. The molecule has 0 atom stereocenters. The lowest BCUT2D eigenvalue weighted by molar-refractivity contribution is -0.117. The Morgan fingerprint density at radius 2 is 1.81 bits per heavy atom. The second kappa shape index (κ2) is 7.26. The molecule has 3 heterocycles. The molecule has 1 N–H and O–H groups in total. The van der Waals surface area contributed by atoms with Crippen LogP contribution in [0.3, 0.4) is 0 Å². The first kappa shape index (κ1) is 18.7. The minimum Gasteiger partial charge on any atom is -0.293 e. The molecule has 0 fully saturated rings. The van der Waals surface area contributed by atoms with E-state index in [1.165, 1.54) is 4.68 Å². The first-order valence-electron chi connectivity index (χ1n) is 8.84. The van der Waals surface area contributed by atoms with E-state index in [-0.39, 0.29) is 30.0 Å². The summed E-state index contributed by atoms with van der Waals surface area (Å²) in [5, 5.41) is 11.9. The normalized spacial score (nSPS) is 11.5. The van der Waals surface area contributed by atoms with E-state index in [1.54, 1.807) is 23.3 Å². The Balaban J connectivity index is 1.96. The van der Waals surface area contributed by atoms with Crippen molar-refractivity contribution in [3.05, 3.63) is 40.2 Å². The molecule has 9 heteroatoms. The lowest BCUT2D eigenvalue weighted by Crippen LogP contribution is -2.31. The standard InChI is InChI=1S/C18H23N7O2/c1-10(2)15-16-13(8-24(23-16)11(3)4)17(27)25(22-15)9-14(26)21-18-19-6-12(5)7-20-18/h6-8,10-11H,9H2,1-5H3,(H,19,20,21,26). The fourth-order valence-electron chi connectivity index (χ4n) is 2.62. The van der Waals surface area contributed by atoms with Gasteiger partial charge in [-0.3, -0.25) is 19.6 Å². The van der Waals surface area contributed by atoms with E-state index in [4.69, 9.17) is 0 Å². The minimum absolute atomic E-state index is 0.0540. The second-order valence-electron chi connectivity index (χ2n) is 7.10. The smallest absolute Gasteiger partial charge is 0.278 e. The quantitative estimate of drug-likeness (QED) is 0.737. The van der Waals surface area contributed by atoms with Gasteiger partial charge < -0.3 is 0 Å². The molecule has 3 rings (SSSR count). The van der Waals surface area contributed by atoms with Gasteiger partial charge in [0.05, 0.1) is 11.1 Å². The molecular formula is C18H23N7O2. The molecule has 0 radical (unpaired) electrons. The van der Waals surface area contributed by atoms with Gasteiger partial charge in [-0.05, 0) is 32.3 Å². The summed E-state index contributed by atoms with van der Waals surface area (Å²) in [6.45, 7) is 9.56. The molecule has 27 heavy (non-hydrogen) atoms. The SMILES string of the molecule is Cc1cnc(NC(=O)Cn2nc(C(C)C)c3nn(C(C)C)cc3c2=O)nc1. The number of carbonyl (C=O) groups excluding carboxylic acids is 1. The van der Waals surface area contributed by atoms with Gasteiger partial charge in [0.2, 0.25) is 11.9 Å². The average Bonchev–Trinajstić information content (AvgIpc) is 3.05. The number of hydrogen-bond donors (Lipinski definition) is 1. The van der Waals surface area contributed by atoms with Gasteiger partial charge in [0.1, 0.15) is 12.1 Å². The number of amides is 1. The number of aromatic nitrogens is 6. The summed E-state index contributed by atoms with van der Waals surface area (Å²) in [6.07, 6.45) is 4.93. The average molecular weight is 369 g/mol. The molecule has 0 aromatic carbocycles. The number of nitrogens with zero attached hydrogens (tertiary/aromatic N) is 6. The number of nitrogens with one attached hydrogen (secondary N) is 1. The van der Waals surface area contributed by atoms with Crippen LogP contribution in [0.5, 0.6) is 0 Å². The molecule has 0 unspecified atom stereocenters. The van der Waals surface area contributed by atoms with Gasteiger partial charge in [0.15, 0.2) is 0 Å². The van der Waals surface area contributed by atoms with Crippen LogP contribution in [-0.4, -0.2) is 35.4 Å². The fraction of sp³-hybridized carbons (Fsp3) is 0.444. The molecule has 1 amide bonds. The highest BCUT2D eigenvalue weighted by molar-refractivity contribution is 5.89. The van der Waals surface area contributed by atoms with Crippen LogP contribution in [0.15, 0.2) is 23.4 Å². The molecule has 0 saturated carbocycles. The Bertz CT molecular complexity index is 1030. The largest absolute Gasteiger partial charge is 0.293 e. The number of anilines is 1. The summed E-state index contributed by atoms with van der Waals surface area (Å²) in [5.74, 6) is -0.173. The molecule has 9 nitrogen and oxygen atoms in total. The number of rotatable bonds is 5. The molecule has 3 aromatic heterocycles. The highest BCUT2D eigenvalue weighted by Crippen LogP contribution is 2.20. The van der Waals surface area contributed by atoms with E-state index >= 15 is 0 Å². The maximum Gasteiger partial charge on any atom is 0.278 e.